The molecule has 0 spiro atoms. The Bertz CT molecular complexity index is 992. The van der Waals surface area contributed by atoms with Crippen LogP contribution in [0.5, 0.6) is 0 Å². The first-order valence-corrected chi connectivity index (χ1v) is 11.1. The summed E-state index contributed by atoms with van der Waals surface area (Å²) < 4.78 is 14.9. The number of halogens is 1. The second kappa shape index (κ2) is 11.1. The molecule has 0 saturated carbocycles. The first-order valence-electron chi connectivity index (χ1n) is 11.1. The van der Waals surface area contributed by atoms with Crippen molar-refractivity contribution >= 4 is 11.4 Å². The van der Waals surface area contributed by atoms with Gasteiger partial charge in [-0.05, 0) is 78.0 Å². The van der Waals surface area contributed by atoms with E-state index in [4.69, 9.17) is 4.99 Å². The van der Waals surface area contributed by atoms with Gasteiger partial charge in [0.25, 0.3) is 0 Å². The summed E-state index contributed by atoms with van der Waals surface area (Å²) in [7, 11) is 0. The van der Waals surface area contributed by atoms with Gasteiger partial charge >= 0.3 is 0 Å². The molecule has 0 bridgehead atoms. The van der Waals surface area contributed by atoms with Crippen molar-refractivity contribution in [2.45, 2.75) is 73.4 Å². The van der Waals surface area contributed by atoms with Crippen molar-refractivity contribution in [3.8, 4) is 0 Å². The molecule has 1 aromatic carbocycles. The fraction of sp³-hybridized carbons (Fsp3) is 0.379. The minimum Gasteiger partial charge on any atom is -0.258 e. The molecule has 0 heterocycles. The van der Waals surface area contributed by atoms with Crippen LogP contribution in [0.25, 0.3) is 5.70 Å². The van der Waals surface area contributed by atoms with Gasteiger partial charge in [-0.2, -0.15) is 0 Å². The Hall–Kier alpha value is -2.70. The highest BCUT2D eigenvalue weighted by Crippen LogP contribution is 2.34. The maximum Gasteiger partial charge on any atom is 0.138 e. The van der Waals surface area contributed by atoms with Crippen molar-refractivity contribution < 1.29 is 4.39 Å². The fourth-order valence-corrected chi connectivity index (χ4v) is 3.59. The van der Waals surface area contributed by atoms with Crippen molar-refractivity contribution in [2.75, 3.05) is 0 Å². The molecule has 0 aliphatic heterocycles. The molecule has 1 nitrogen and oxygen atoms in total. The van der Waals surface area contributed by atoms with Gasteiger partial charge in [0.2, 0.25) is 0 Å². The second-order valence-corrected chi connectivity index (χ2v) is 8.82. The topological polar surface area (TPSA) is 12.4 Å². The van der Waals surface area contributed by atoms with Gasteiger partial charge in [0.1, 0.15) is 5.67 Å². The minimum atomic E-state index is -1.45. The summed E-state index contributed by atoms with van der Waals surface area (Å²) >= 11 is 0. The fourth-order valence-electron chi connectivity index (χ4n) is 3.59. The third kappa shape index (κ3) is 7.19. The molecule has 0 saturated heterocycles. The van der Waals surface area contributed by atoms with Crippen LogP contribution in [-0.4, -0.2) is 11.4 Å². The number of rotatable bonds is 8. The van der Waals surface area contributed by atoms with E-state index in [-0.39, 0.29) is 0 Å². The quantitative estimate of drug-likeness (QED) is 0.296. The highest BCUT2D eigenvalue weighted by atomic mass is 19.1. The monoisotopic (exact) mass is 417 g/mol. The molecular formula is C29H36FN. The van der Waals surface area contributed by atoms with E-state index in [1.807, 2.05) is 18.2 Å². The smallest absolute Gasteiger partial charge is 0.138 e. The predicted molar refractivity (Wildman–Crippen MR) is 134 cm³/mol. The average molecular weight is 418 g/mol. The Morgan fingerprint density at radius 3 is 2.32 bits per heavy atom. The molecule has 0 aromatic heterocycles. The molecule has 1 aliphatic carbocycles. The predicted octanol–water partition coefficient (Wildman–Crippen LogP) is 8.65. The van der Waals surface area contributed by atoms with Gasteiger partial charge in [-0.15, -0.1) is 5.73 Å². The summed E-state index contributed by atoms with van der Waals surface area (Å²) in [6.45, 7) is 13.7. The van der Waals surface area contributed by atoms with E-state index >= 15 is 0 Å². The molecule has 1 aromatic rings. The SMILES string of the molecule is CC/C=C(/CC/C(C)=N/C(=C(C)C)c1ccc(C)cc1)C1=CC=CC=C=C1C(C)(C)F. The standard InChI is InChI=1S/C29H36FN/c1-8-12-24(26-13-10-9-11-14-27(26)29(6,7)30)20-17-23(5)31-28(21(2)3)25-18-15-22(4)16-19-25/h9-13,15-16,18-19H,8,17,20H2,1-7H3/b24-12-,31-23+. The summed E-state index contributed by atoms with van der Waals surface area (Å²) in [4.78, 5) is 4.97. The summed E-state index contributed by atoms with van der Waals surface area (Å²) in [6, 6.07) is 8.51. The first kappa shape index (κ1) is 24.6. The Kier molecular flexibility index (Phi) is 8.77. The Morgan fingerprint density at radius 2 is 1.74 bits per heavy atom. The van der Waals surface area contributed by atoms with Gasteiger partial charge in [-0.3, -0.25) is 4.99 Å². The number of aliphatic imine (C=N–C) groups is 1. The maximum absolute atomic E-state index is 14.9. The van der Waals surface area contributed by atoms with Crippen molar-refractivity contribution in [3.63, 3.8) is 0 Å². The van der Waals surface area contributed by atoms with Crippen LogP contribution in [0, 0.1) is 6.92 Å². The average Bonchev–Trinajstić information content (AvgIpc) is 2.96. The first-order chi connectivity index (χ1) is 14.6. The second-order valence-electron chi connectivity index (χ2n) is 8.82. The lowest BCUT2D eigenvalue weighted by molar-refractivity contribution is 0.272. The van der Waals surface area contributed by atoms with Crippen LogP contribution in [-0.2, 0) is 0 Å². The van der Waals surface area contributed by atoms with E-state index in [0.717, 1.165) is 47.4 Å². The summed E-state index contributed by atoms with van der Waals surface area (Å²) in [5.41, 5.74) is 10.1. The van der Waals surface area contributed by atoms with Crippen LogP contribution in [0.2, 0.25) is 0 Å². The summed E-state index contributed by atoms with van der Waals surface area (Å²) in [5.74, 6) is 0. The van der Waals surface area contributed by atoms with Crippen LogP contribution in [0.3, 0.4) is 0 Å². The van der Waals surface area contributed by atoms with Crippen LogP contribution < -0.4 is 0 Å². The Labute approximate surface area is 188 Å². The molecule has 0 unspecified atom stereocenters. The van der Waals surface area contributed by atoms with Crippen molar-refractivity contribution in [2.24, 2.45) is 4.99 Å². The number of aryl methyl sites for hydroxylation is 1. The molecule has 0 amide bonds. The number of alkyl halides is 1. The van der Waals surface area contributed by atoms with E-state index in [9.17, 15) is 4.39 Å². The molecule has 0 radical (unpaired) electrons. The van der Waals surface area contributed by atoms with Gasteiger partial charge < -0.3 is 0 Å². The lowest BCUT2D eigenvalue weighted by Gasteiger charge is -2.22. The molecule has 2 rings (SSSR count). The third-order valence-electron chi connectivity index (χ3n) is 5.22. The number of nitrogens with zero attached hydrogens (tertiary/aromatic N) is 1. The lowest BCUT2D eigenvalue weighted by atomic mass is 9.86. The Morgan fingerprint density at radius 1 is 1.06 bits per heavy atom. The van der Waals surface area contributed by atoms with Gasteiger partial charge in [0.15, 0.2) is 0 Å². The molecular weight excluding hydrogens is 381 g/mol. The molecule has 164 valence electrons. The highest BCUT2D eigenvalue weighted by Gasteiger charge is 2.27. The molecule has 0 atom stereocenters. The zero-order valence-corrected chi connectivity index (χ0v) is 20.1. The van der Waals surface area contributed by atoms with Gasteiger partial charge in [0.05, 0.1) is 5.70 Å². The van der Waals surface area contributed by atoms with Gasteiger partial charge in [-0.25, -0.2) is 4.39 Å². The summed E-state index contributed by atoms with van der Waals surface area (Å²) in [5, 5.41) is 0. The van der Waals surface area contributed by atoms with Gasteiger partial charge in [0, 0.05) is 16.8 Å². The molecule has 2 heteroatoms. The number of allylic oxidation sites excluding steroid dienone is 8. The van der Waals surface area contributed by atoms with E-state index in [1.54, 1.807) is 19.9 Å². The van der Waals surface area contributed by atoms with E-state index < -0.39 is 5.67 Å². The number of hydrogen-bond acceptors (Lipinski definition) is 1. The normalized spacial score (nSPS) is 14.8. The van der Waals surface area contributed by atoms with E-state index in [0.29, 0.717) is 5.57 Å². The van der Waals surface area contributed by atoms with Crippen LogP contribution in [0.15, 0.2) is 87.7 Å². The molecule has 0 N–H and O–H groups in total. The minimum absolute atomic E-state index is 0.608. The summed E-state index contributed by atoms with van der Waals surface area (Å²) in [6.07, 6.45) is 12.4. The van der Waals surface area contributed by atoms with E-state index in [2.05, 4.69) is 70.7 Å². The molecule has 1 aliphatic rings. The highest BCUT2D eigenvalue weighted by molar-refractivity contribution is 5.88. The zero-order valence-electron chi connectivity index (χ0n) is 20.1. The number of benzene rings is 1. The van der Waals surface area contributed by atoms with Crippen LogP contribution in [0.1, 0.15) is 71.9 Å². The van der Waals surface area contributed by atoms with Crippen LogP contribution in [0.4, 0.5) is 4.39 Å². The number of hydrogen-bond donors (Lipinski definition) is 0. The Balaban J connectivity index is 2.29. The molecule has 0 fully saturated rings. The van der Waals surface area contributed by atoms with Gasteiger partial charge in [-0.1, -0.05) is 66.6 Å². The maximum atomic E-state index is 14.9. The van der Waals surface area contributed by atoms with Crippen LogP contribution >= 0.6 is 0 Å². The largest absolute Gasteiger partial charge is 0.258 e. The third-order valence-corrected chi connectivity index (χ3v) is 5.22. The zero-order chi connectivity index (χ0) is 23.0. The van der Waals surface area contributed by atoms with E-state index in [1.165, 1.54) is 11.1 Å². The lowest BCUT2D eigenvalue weighted by Crippen LogP contribution is -2.18. The van der Waals surface area contributed by atoms with Crippen molar-refractivity contribution in [3.05, 3.63) is 93.8 Å². The molecule has 31 heavy (non-hydrogen) atoms. The van der Waals surface area contributed by atoms with Crippen molar-refractivity contribution in [1.82, 2.24) is 0 Å². The van der Waals surface area contributed by atoms with Crippen molar-refractivity contribution in [1.29, 1.82) is 0 Å².